The Morgan fingerprint density at radius 2 is 1.50 bits per heavy atom. The van der Waals surface area contributed by atoms with Crippen LogP contribution in [0.5, 0.6) is 0 Å². The number of methoxy groups -OCH3 is 2. The number of anilines is 1. The number of fused-ring (bicyclic) bond motifs is 6. The van der Waals surface area contributed by atoms with Gasteiger partial charge < -0.3 is 14.8 Å². The van der Waals surface area contributed by atoms with Crippen molar-refractivity contribution in [1.29, 1.82) is 0 Å². The molecule has 3 aromatic rings. The monoisotopic (exact) mass is 518 g/mol. The van der Waals surface area contributed by atoms with E-state index in [-0.39, 0.29) is 28.4 Å². The highest BCUT2D eigenvalue weighted by Gasteiger charge is 2.73. The van der Waals surface area contributed by atoms with Gasteiger partial charge in [0.05, 0.1) is 58.1 Å². The second kappa shape index (κ2) is 8.30. The Labute approximate surface area is 217 Å². The van der Waals surface area contributed by atoms with Gasteiger partial charge in [0.25, 0.3) is 5.69 Å². The number of nitrogens with one attached hydrogen (secondary N) is 1. The van der Waals surface area contributed by atoms with E-state index in [0.29, 0.717) is 35.3 Å². The summed E-state index contributed by atoms with van der Waals surface area (Å²) in [5.74, 6) is -1.73. The smallest absolute Gasteiger partial charge is 0.337 e. The van der Waals surface area contributed by atoms with Crippen molar-refractivity contribution in [2.24, 2.45) is 5.41 Å². The molecule has 1 amide bonds. The van der Waals surface area contributed by atoms with Gasteiger partial charge in [0.2, 0.25) is 5.91 Å². The van der Waals surface area contributed by atoms with Gasteiger partial charge in [0, 0.05) is 23.2 Å². The Kier molecular flexibility index (Phi) is 5.52. The number of nitro benzene ring substituents is 1. The molecule has 2 atom stereocenters. The van der Waals surface area contributed by atoms with Gasteiger partial charge in [-0.05, 0) is 42.5 Å². The average molecular weight is 519 g/mol. The number of hydrogen-bond acceptors (Lipinski definition) is 9. The molecule has 38 heavy (non-hydrogen) atoms. The normalized spacial score (nSPS) is 22.6. The number of carbonyl (C=O) groups excluding carboxylic acids is 3. The first-order chi connectivity index (χ1) is 17.9. The summed E-state index contributed by atoms with van der Waals surface area (Å²) >= 11 is 0. The number of carbonyl (C=O) groups is 3. The lowest BCUT2D eigenvalue weighted by atomic mass is 9.63. The van der Waals surface area contributed by atoms with E-state index in [4.69, 9.17) is 19.4 Å². The van der Waals surface area contributed by atoms with E-state index in [1.54, 1.807) is 6.07 Å². The van der Waals surface area contributed by atoms with Gasteiger partial charge in [-0.25, -0.2) is 19.6 Å². The summed E-state index contributed by atoms with van der Waals surface area (Å²) in [6.45, 7) is 6.06. The molecule has 1 saturated carbocycles. The highest BCUT2D eigenvalue weighted by Crippen LogP contribution is 2.70. The number of rotatable bonds is 5. The number of aromatic nitrogens is 2. The highest BCUT2D eigenvalue weighted by atomic mass is 16.6. The van der Waals surface area contributed by atoms with Crippen LogP contribution in [-0.4, -0.2) is 47.0 Å². The average Bonchev–Trinajstić information content (AvgIpc) is 3.20. The zero-order chi connectivity index (χ0) is 27.6. The summed E-state index contributed by atoms with van der Waals surface area (Å²) in [4.78, 5) is 59.2. The number of hydrogen-bond donors (Lipinski definition) is 1. The lowest BCUT2D eigenvalue weighted by molar-refractivity contribution is -0.384. The topological polar surface area (TPSA) is 151 Å². The van der Waals surface area contributed by atoms with Gasteiger partial charge in [-0.2, -0.15) is 0 Å². The van der Waals surface area contributed by atoms with E-state index >= 15 is 0 Å². The van der Waals surface area contributed by atoms with Crippen LogP contribution >= 0.6 is 0 Å². The Hall–Kier alpha value is -4.41. The summed E-state index contributed by atoms with van der Waals surface area (Å²) < 4.78 is 9.60. The molecule has 0 aliphatic heterocycles. The zero-order valence-electron chi connectivity index (χ0n) is 21.6. The molecule has 11 heteroatoms. The molecule has 1 N–H and O–H groups in total. The van der Waals surface area contributed by atoms with Crippen LogP contribution in [0.3, 0.4) is 0 Å². The Balaban J connectivity index is 1.65. The predicted octanol–water partition coefficient (Wildman–Crippen LogP) is 4.08. The number of ether oxygens (including phenoxy) is 2. The van der Waals surface area contributed by atoms with Gasteiger partial charge in [0.1, 0.15) is 0 Å². The summed E-state index contributed by atoms with van der Waals surface area (Å²) in [5, 5.41) is 14.3. The highest BCUT2D eigenvalue weighted by molar-refractivity contribution is 6.04. The number of nitrogens with zero attached hydrogens (tertiary/aromatic N) is 3. The molecular weight excluding hydrogens is 492 g/mol. The Bertz CT molecular complexity index is 1530. The molecule has 1 fully saturated rings. The van der Waals surface area contributed by atoms with Crippen molar-refractivity contribution in [2.75, 3.05) is 19.5 Å². The maximum Gasteiger partial charge on any atom is 0.337 e. The van der Waals surface area contributed by atoms with Crippen LogP contribution in [0.25, 0.3) is 11.0 Å². The molecule has 5 rings (SSSR count). The molecular formula is C27H26N4O7. The van der Waals surface area contributed by atoms with Crippen molar-refractivity contribution < 1.29 is 28.8 Å². The van der Waals surface area contributed by atoms with Crippen molar-refractivity contribution in [2.45, 2.75) is 44.4 Å². The molecule has 0 saturated heterocycles. The summed E-state index contributed by atoms with van der Waals surface area (Å²) in [6.07, 6.45) is 1.16. The summed E-state index contributed by atoms with van der Waals surface area (Å²) in [7, 11) is 2.43. The van der Waals surface area contributed by atoms with Crippen molar-refractivity contribution in [3.8, 4) is 0 Å². The number of non-ortho nitro benzene ring substituents is 1. The van der Waals surface area contributed by atoms with E-state index in [0.717, 1.165) is 0 Å². The molecule has 1 heterocycles. The number of nitro groups is 1. The first kappa shape index (κ1) is 25.2. The molecule has 1 aromatic heterocycles. The molecule has 0 spiro atoms. The van der Waals surface area contributed by atoms with E-state index in [1.165, 1.54) is 44.6 Å². The lowest BCUT2D eigenvalue weighted by Crippen LogP contribution is -2.48. The van der Waals surface area contributed by atoms with E-state index in [1.807, 2.05) is 13.8 Å². The summed E-state index contributed by atoms with van der Waals surface area (Å²) in [6, 6.07) is 8.51. The zero-order valence-corrected chi connectivity index (χ0v) is 21.6. The lowest BCUT2D eigenvalue weighted by Gasteiger charge is -2.39. The van der Waals surface area contributed by atoms with Crippen LogP contribution in [0.2, 0.25) is 0 Å². The van der Waals surface area contributed by atoms with Crippen molar-refractivity contribution in [1.82, 2.24) is 9.97 Å². The number of benzene rings is 2. The largest absolute Gasteiger partial charge is 0.465 e. The van der Waals surface area contributed by atoms with Crippen LogP contribution < -0.4 is 5.32 Å². The van der Waals surface area contributed by atoms with E-state index in [2.05, 4.69) is 12.2 Å². The second-order valence-electron chi connectivity index (χ2n) is 10.4. The molecule has 0 radical (unpaired) electrons. The molecule has 2 aliphatic rings. The van der Waals surface area contributed by atoms with E-state index < -0.39 is 33.1 Å². The first-order valence-electron chi connectivity index (χ1n) is 12.0. The maximum atomic E-state index is 14.2. The molecule has 2 bridgehead atoms. The predicted molar refractivity (Wildman–Crippen MR) is 136 cm³/mol. The quantitative estimate of drug-likeness (QED) is 0.299. The minimum absolute atomic E-state index is 0.0728. The van der Waals surface area contributed by atoms with Crippen LogP contribution in [0.4, 0.5) is 11.4 Å². The van der Waals surface area contributed by atoms with Crippen molar-refractivity contribution >= 4 is 40.3 Å². The van der Waals surface area contributed by atoms with Crippen LogP contribution in [0.15, 0.2) is 36.4 Å². The fraction of sp³-hybridized carbons (Fsp3) is 0.370. The fourth-order valence-electron chi connectivity index (χ4n) is 6.11. The minimum Gasteiger partial charge on any atom is -0.465 e. The third-order valence-corrected chi connectivity index (χ3v) is 8.65. The number of esters is 2. The standard InChI is InChI=1S/C27H26N4O7/c1-25(2)26(3)8-9-27(25,21-20(26)29-18-7-6-17(31(35)36)13-19(18)30-21)24(34)28-16-11-14(22(32)37-4)10-15(12-16)23(33)38-5/h6-7,10-13H,8-9H2,1-5H3,(H,28,34). The SMILES string of the molecule is COC(=O)c1cc(NC(=O)C23CCC(C)(c4nc5ccc([N+](=O)[O-])cc5nc42)C3(C)C)cc(C(=O)OC)c1. The maximum absolute atomic E-state index is 14.2. The summed E-state index contributed by atoms with van der Waals surface area (Å²) in [5.41, 5.74) is 0.0593. The van der Waals surface area contributed by atoms with Gasteiger partial charge in [-0.1, -0.05) is 20.8 Å². The number of amides is 1. The van der Waals surface area contributed by atoms with Gasteiger partial charge in [0.15, 0.2) is 0 Å². The van der Waals surface area contributed by atoms with Crippen LogP contribution in [0.1, 0.15) is 65.7 Å². The van der Waals surface area contributed by atoms with E-state index in [9.17, 15) is 24.5 Å². The molecule has 2 aromatic carbocycles. The first-order valence-corrected chi connectivity index (χ1v) is 12.0. The van der Waals surface area contributed by atoms with Crippen LogP contribution in [0, 0.1) is 15.5 Å². The third-order valence-electron chi connectivity index (χ3n) is 8.65. The molecule has 11 nitrogen and oxygen atoms in total. The minimum atomic E-state index is -1.12. The van der Waals surface area contributed by atoms with Gasteiger partial charge in [-0.3, -0.25) is 14.9 Å². The van der Waals surface area contributed by atoms with Gasteiger partial charge >= 0.3 is 11.9 Å². The fourth-order valence-corrected chi connectivity index (χ4v) is 6.11. The van der Waals surface area contributed by atoms with Gasteiger partial charge in [-0.15, -0.1) is 0 Å². The van der Waals surface area contributed by atoms with Crippen LogP contribution in [-0.2, 0) is 25.1 Å². The Morgan fingerprint density at radius 1 is 0.895 bits per heavy atom. The Morgan fingerprint density at radius 3 is 2.08 bits per heavy atom. The molecule has 2 aliphatic carbocycles. The van der Waals surface area contributed by atoms with Crippen molar-refractivity contribution in [3.63, 3.8) is 0 Å². The second-order valence-corrected chi connectivity index (χ2v) is 10.4. The molecule has 196 valence electrons. The third kappa shape index (κ3) is 3.24. The molecule has 2 unspecified atom stereocenters. The van der Waals surface area contributed by atoms with Crippen molar-refractivity contribution in [3.05, 3.63) is 69.0 Å².